The van der Waals surface area contributed by atoms with Gasteiger partial charge in [0.25, 0.3) is 0 Å². The highest BCUT2D eigenvalue weighted by Crippen LogP contribution is 2.30. The third kappa shape index (κ3) is 3.78. The molecule has 0 aliphatic carbocycles. The normalized spacial score (nSPS) is 18.5. The summed E-state index contributed by atoms with van der Waals surface area (Å²) in [5.41, 5.74) is -0.876. The number of nitrogens with zero attached hydrogens (tertiary/aromatic N) is 2. The van der Waals surface area contributed by atoms with Gasteiger partial charge < -0.3 is 5.11 Å². The van der Waals surface area contributed by atoms with Gasteiger partial charge in [0.1, 0.15) is 0 Å². The smallest absolute Gasteiger partial charge is 0.395 e. The Bertz CT molecular complexity index is 594. The van der Waals surface area contributed by atoms with Crippen LogP contribution in [0.3, 0.4) is 0 Å². The van der Waals surface area contributed by atoms with Crippen molar-refractivity contribution in [2.45, 2.75) is 11.1 Å². The van der Waals surface area contributed by atoms with Gasteiger partial charge in [0.2, 0.25) is 10.0 Å². The first-order valence-electron chi connectivity index (χ1n) is 6.76. The number of benzene rings is 1. The fourth-order valence-corrected chi connectivity index (χ4v) is 3.72. The molecular weight excluding hydrogens is 321 g/mol. The van der Waals surface area contributed by atoms with Crippen molar-refractivity contribution in [1.29, 1.82) is 0 Å². The zero-order valence-electron chi connectivity index (χ0n) is 11.8. The molecule has 0 atom stereocenters. The van der Waals surface area contributed by atoms with Gasteiger partial charge in [-0.15, -0.1) is 0 Å². The van der Waals surface area contributed by atoms with E-state index in [4.69, 9.17) is 5.11 Å². The Labute approximate surface area is 127 Å². The second-order valence-corrected chi connectivity index (χ2v) is 6.93. The highest BCUT2D eigenvalue weighted by molar-refractivity contribution is 7.89. The molecule has 1 aliphatic heterocycles. The van der Waals surface area contributed by atoms with Gasteiger partial charge in [-0.3, -0.25) is 4.90 Å². The minimum absolute atomic E-state index is 0.00561. The number of hydrogen-bond acceptors (Lipinski definition) is 4. The van der Waals surface area contributed by atoms with E-state index in [0.717, 1.165) is 24.3 Å². The molecule has 0 spiro atoms. The summed E-state index contributed by atoms with van der Waals surface area (Å²) in [6, 6.07) is 3.51. The molecule has 0 bridgehead atoms. The van der Waals surface area contributed by atoms with Crippen LogP contribution in [0.1, 0.15) is 5.56 Å². The first-order chi connectivity index (χ1) is 10.2. The average molecular weight is 338 g/mol. The summed E-state index contributed by atoms with van der Waals surface area (Å²) < 4.78 is 63.5. The second-order valence-electron chi connectivity index (χ2n) is 4.99. The molecule has 22 heavy (non-hydrogen) atoms. The number of aliphatic hydroxyl groups is 1. The molecule has 0 amide bonds. The van der Waals surface area contributed by atoms with Gasteiger partial charge in [0.15, 0.2) is 0 Å². The molecule has 1 N–H and O–H groups in total. The van der Waals surface area contributed by atoms with Crippen LogP contribution in [0.2, 0.25) is 0 Å². The first-order valence-corrected chi connectivity index (χ1v) is 8.20. The Morgan fingerprint density at radius 1 is 1.05 bits per heavy atom. The van der Waals surface area contributed by atoms with Crippen molar-refractivity contribution < 1.29 is 26.7 Å². The Hall–Kier alpha value is -1.16. The summed E-state index contributed by atoms with van der Waals surface area (Å²) in [6.07, 6.45) is -4.49. The van der Waals surface area contributed by atoms with Crippen LogP contribution in [-0.2, 0) is 16.2 Å². The zero-order valence-corrected chi connectivity index (χ0v) is 12.6. The molecule has 5 nitrogen and oxygen atoms in total. The van der Waals surface area contributed by atoms with E-state index in [-0.39, 0.29) is 24.6 Å². The molecule has 124 valence electrons. The van der Waals surface area contributed by atoms with Gasteiger partial charge >= 0.3 is 6.18 Å². The van der Waals surface area contributed by atoms with E-state index in [1.165, 1.54) is 4.31 Å². The van der Waals surface area contributed by atoms with Crippen LogP contribution in [0.4, 0.5) is 13.2 Å². The predicted molar refractivity (Wildman–Crippen MR) is 73.7 cm³/mol. The molecule has 0 radical (unpaired) electrons. The van der Waals surface area contributed by atoms with Gasteiger partial charge in [-0.25, -0.2) is 8.42 Å². The van der Waals surface area contributed by atoms with E-state index in [1.54, 1.807) is 0 Å². The van der Waals surface area contributed by atoms with E-state index in [0.29, 0.717) is 19.6 Å². The highest BCUT2D eigenvalue weighted by Gasteiger charge is 2.32. The van der Waals surface area contributed by atoms with E-state index in [9.17, 15) is 21.6 Å². The van der Waals surface area contributed by atoms with Gasteiger partial charge in [0.05, 0.1) is 17.1 Å². The fourth-order valence-electron chi connectivity index (χ4n) is 2.30. The Balaban J connectivity index is 2.11. The first kappa shape index (κ1) is 17.2. The van der Waals surface area contributed by atoms with Crippen LogP contribution in [0.25, 0.3) is 0 Å². The maximum atomic E-state index is 12.5. The number of β-amino-alcohol motifs (C(OH)–C–C–N with tert-alkyl or cyclic N) is 1. The number of halogens is 3. The molecular formula is C13H17F3N2O3S. The lowest BCUT2D eigenvalue weighted by atomic mass is 10.2. The molecule has 1 aromatic rings. The van der Waals surface area contributed by atoms with E-state index in [2.05, 4.69) is 0 Å². The second kappa shape index (κ2) is 6.53. The molecule has 2 rings (SSSR count). The molecule has 0 aromatic heterocycles. The predicted octanol–water partition coefficient (Wildman–Crippen LogP) is 1.00. The standard InChI is InChI=1S/C13H17F3N2O3S/c14-13(15,16)11-1-3-12(4-2-11)22(20,21)18-7-5-17(6-8-18)9-10-19/h1-4,19H,5-10H2. The van der Waals surface area contributed by atoms with E-state index >= 15 is 0 Å². The van der Waals surface area contributed by atoms with Crippen molar-refractivity contribution in [2.24, 2.45) is 0 Å². The van der Waals surface area contributed by atoms with E-state index < -0.39 is 21.8 Å². The fraction of sp³-hybridized carbons (Fsp3) is 0.538. The zero-order chi connectivity index (χ0) is 16.4. The Morgan fingerprint density at radius 2 is 1.59 bits per heavy atom. The van der Waals surface area contributed by atoms with Gasteiger partial charge in [-0.2, -0.15) is 17.5 Å². The summed E-state index contributed by atoms with van der Waals surface area (Å²) in [6.45, 7) is 1.97. The lowest BCUT2D eigenvalue weighted by molar-refractivity contribution is -0.137. The molecule has 0 unspecified atom stereocenters. The van der Waals surface area contributed by atoms with Gasteiger partial charge in [-0.1, -0.05) is 0 Å². The van der Waals surface area contributed by atoms with Crippen molar-refractivity contribution in [3.63, 3.8) is 0 Å². The molecule has 9 heteroatoms. The number of hydrogen-bond donors (Lipinski definition) is 1. The quantitative estimate of drug-likeness (QED) is 0.890. The van der Waals surface area contributed by atoms with E-state index in [1.807, 2.05) is 4.90 Å². The van der Waals surface area contributed by atoms with Crippen molar-refractivity contribution in [3.8, 4) is 0 Å². The minimum atomic E-state index is -4.49. The largest absolute Gasteiger partial charge is 0.416 e. The number of sulfonamides is 1. The SMILES string of the molecule is O=S(=O)(c1ccc(C(F)(F)F)cc1)N1CCN(CCO)CC1. The molecule has 0 saturated carbocycles. The third-order valence-corrected chi connectivity index (χ3v) is 5.48. The molecule has 1 fully saturated rings. The Kier molecular flexibility index (Phi) is 5.10. The third-order valence-electron chi connectivity index (χ3n) is 3.57. The maximum Gasteiger partial charge on any atom is 0.416 e. The molecule has 1 heterocycles. The van der Waals surface area contributed by atoms with Crippen molar-refractivity contribution in [2.75, 3.05) is 39.3 Å². The Morgan fingerprint density at radius 3 is 2.05 bits per heavy atom. The number of alkyl halides is 3. The van der Waals surface area contributed by atoms with Crippen LogP contribution in [0, 0.1) is 0 Å². The highest BCUT2D eigenvalue weighted by atomic mass is 32.2. The van der Waals surface area contributed by atoms with Crippen LogP contribution in [-0.4, -0.2) is 62.1 Å². The molecule has 1 saturated heterocycles. The summed E-state index contributed by atoms with van der Waals surface area (Å²) in [5, 5.41) is 8.85. The van der Waals surface area contributed by atoms with Crippen molar-refractivity contribution >= 4 is 10.0 Å². The molecule has 1 aromatic carbocycles. The van der Waals surface area contributed by atoms with Crippen molar-refractivity contribution in [3.05, 3.63) is 29.8 Å². The number of aliphatic hydroxyl groups excluding tert-OH is 1. The summed E-state index contributed by atoms with van der Waals surface area (Å²) in [4.78, 5) is 1.79. The van der Waals surface area contributed by atoms with Crippen molar-refractivity contribution in [1.82, 2.24) is 9.21 Å². The lowest BCUT2D eigenvalue weighted by Crippen LogP contribution is -2.49. The van der Waals surface area contributed by atoms with Crippen LogP contribution in [0.5, 0.6) is 0 Å². The average Bonchev–Trinajstić information content (AvgIpc) is 2.47. The van der Waals surface area contributed by atoms with Crippen LogP contribution >= 0.6 is 0 Å². The minimum Gasteiger partial charge on any atom is -0.395 e. The molecule has 1 aliphatic rings. The summed E-state index contributed by atoms with van der Waals surface area (Å²) >= 11 is 0. The monoisotopic (exact) mass is 338 g/mol. The maximum absolute atomic E-state index is 12.5. The number of rotatable bonds is 4. The van der Waals surface area contributed by atoms with Crippen LogP contribution in [0.15, 0.2) is 29.2 Å². The van der Waals surface area contributed by atoms with Gasteiger partial charge in [-0.05, 0) is 24.3 Å². The lowest BCUT2D eigenvalue weighted by Gasteiger charge is -2.33. The summed E-state index contributed by atoms with van der Waals surface area (Å²) in [5.74, 6) is 0. The van der Waals surface area contributed by atoms with Crippen LogP contribution < -0.4 is 0 Å². The van der Waals surface area contributed by atoms with Gasteiger partial charge in [0, 0.05) is 32.7 Å². The topological polar surface area (TPSA) is 60.9 Å². The number of piperazine rings is 1. The summed E-state index contributed by atoms with van der Waals surface area (Å²) in [7, 11) is -3.79.